The van der Waals surface area contributed by atoms with E-state index in [1.54, 1.807) is 25.3 Å². The lowest BCUT2D eigenvalue weighted by Gasteiger charge is -2.38. The zero-order chi connectivity index (χ0) is 21.4. The maximum Gasteiger partial charge on any atom is 0.241 e. The molecule has 30 heavy (non-hydrogen) atoms. The van der Waals surface area contributed by atoms with E-state index in [2.05, 4.69) is 35.9 Å². The number of aliphatic hydroxyl groups excluding tert-OH is 1. The highest BCUT2D eigenvalue weighted by Gasteiger charge is 2.37. The van der Waals surface area contributed by atoms with Gasteiger partial charge in [0.2, 0.25) is 21.9 Å². The summed E-state index contributed by atoms with van der Waals surface area (Å²) in [5.41, 5.74) is 0.0611. The molecule has 0 spiro atoms. The van der Waals surface area contributed by atoms with Crippen molar-refractivity contribution in [2.75, 3.05) is 18.5 Å². The van der Waals surface area contributed by atoms with Crippen LogP contribution in [0.2, 0.25) is 0 Å². The Balaban J connectivity index is 1.45. The van der Waals surface area contributed by atoms with Gasteiger partial charge in [-0.1, -0.05) is 0 Å². The third-order valence-electron chi connectivity index (χ3n) is 5.04. The number of sulfonamides is 1. The Morgan fingerprint density at radius 2 is 2.00 bits per heavy atom. The molecule has 2 atom stereocenters. The minimum absolute atomic E-state index is 0.164. The number of aliphatic hydroxyl groups is 1. The molecule has 9 nitrogen and oxygen atoms in total. The molecule has 1 aromatic heterocycles. The fourth-order valence-electron chi connectivity index (χ4n) is 3.38. The summed E-state index contributed by atoms with van der Waals surface area (Å²) < 4.78 is 39.2. The molecule has 1 aliphatic carbocycles. The SMILES string of the molecule is CC1(NS(=O)(=O)c2ccc(Nc3ncc(Br)c(O[C@@H]4CCC[C@H]4O)n3)cc2)COC1. The summed E-state index contributed by atoms with van der Waals surface area (Å²) in [7, 11) is -3.64. The molecule has 0 amide bonds. The molecule has 1 saturated carbocycles. The second kappa shape index (κ2) is 8.39. The molecule has 0 unspecified atom stereocenters. The molecule has 1 aliphatic heterocycles. The molecule has 2 aliphatic rings. The van der Waals surface area contributed by atoms with Crippen molar-refractivity contribution in [1.29, 1.82) is 0 Å². The molecule has 1 saturated heterocycles. The smallest absolute Gasteiger partial charge is 0.241 e. The van der Waals surface area contributed by atoms with E-state index in [0.29, 0.717) is 35.2 Å². The highest BCUT2D eigenvalue weighted by Crippen LogP contribution is 2.29. The molecule has 2 heterocycles. The van der Waals surface area contributed by atoms with E-state index in [0.717, 1.165) is 19.3 Å². The van der Waals surface area contributed by atoms with Gasteiger partial charge in [-0.3, -0.25) is 0 Å². The van der Waals surface area contributed by atoms with Crippen molar-refractivity contribution >= 4 is 37.6 Å². The third kappa shape index (κ3) is 4.75. The number of hydrogen-bond donors (Lipinski definition) is 3. The van der Waals surface area contributed by atoms with Crippen molar-refractivity contribution in [3.05, 3.63) is 34.9 Å². The topological polar surface area (TPSA) is 123 Å². The van der Waals surface area contributed by atoms with Gasteiger partial charge in [-0.05, 0) is 66.4 Å². The van der Waals surface area contributed by atoms with Crippen LogP contribution in [0.25, 0.3) is 0 Å². The summed E-state index contributed by atoms with van der Waals surface area (Å²) in [6, 6.07) is 6.30. The zero-order valence-corrected chi connectivity index (χ0v) is 18.7. The van der Waals surface area contributed by atoms with Gasteiger partial charge in [-0.15, -0.1) is 0 Å². The third-order valence-corrected chi connectivity index (χ3v) is 7.23. The number of hydrogen-bond acceptors (Lipinski definition) is 8. The molecule has 11 heteroatoms. The first kappa shape index (κ1) is 21.4. The predicted molar refractivity (Wildman–Crippen MR) is 113 cm³/mol. The van der Waals surface area contributed by atoms with Crippen LogP contribution in [0.3, 0.4) is 0 Å². The molecule has 0 bridgehead atoms. The van der Waals surface area contributed by atoms with E-state index in [1.807, 2.05) is 0 Å². The van der Waals surface area contributed by atoms with Crippen LogP contribution in [-0.4, -0.2) is 54.5 Å². The Hall–Kier alpha value is -1.79. The highest BCUT2D eigenvalue weighted by molar-refractivity contribution is 9.10. The maximum absolute atomic E-state index is 12.5. The average Bonchev–Trinajstić information content (AvgIpc) is 3.08. The normalized spacial score (nSPS) is 23.0. The number of rotatable bonds is 7. The predicted octanol–water partition coefficient (Wildman–Crippen LogP) is 2.34. The van der Waals surface area contributed by atoms with E-state index in [4.69, 9.17) is 9.47 Å². The van der Waals surface area contributed by atoms with Crippen LogP contribution in [0, 0.1) is 0 Å². The lowest BCUT2D eigenvalue weighted by molar-refractivity contribution is -0.0523. The molecule has 3 N–H and O–H groups in total. The molecule has 2 fully saturated rings. The number of halogens is 1. The molecule has 2 aromatic rings. The van der Waals surface area contributed by atoms with Gasteiger partial charge in [0.15, 0.2) is 0 Å². The van der Waals surface area contributed by atoms with Crippen molar-refractivity contribution in [2.24, 2.45) is 0 Å². The van der Waals surface area contributed by atoms with Crippen LogP contribution in [0.15, 0.2) is 39.8 Å². The Morgan fingerprint density at radius 3 is 2.60 bits per heavy atom. The average molecular weight is 499 g/mol. The number of ether oxygens (including phenoxy) is 2. The fourth-order valence-corrected chi connectivity index (χ4v) is 5.04. The quantitative estimate of drug-likeness (QED) is 0.531. The van der Waals surface area contributed by atoms with Crippen molar-refractivity contribution in [2.45, 2.75) is 48.8 Å². The van der Waals surface area contributed by atoms with Gasteiger partial charge in [0.05, 0.1) is 40.4 Å². The van der Waals surface area contributed by atoms with E-state index >= 15 is 0 Å². The standard InChI is InChI=1S/C19H23BrN4O5S/c1-19(10-28-11-19)24-30(26,27)13-7-5-12(6-8-13)22-18-21-9-14(20)17(23-18)29-16-4-2-3-15(16)25/h5-9,15-16,24-25H,2-4,10-11H2,1H3,(H,21,22,23)/t15-,16-/m1/s1. The minimum atomic E-state index is -3.64. The van der Waals surface area contributed by atoms with Gasteiger partial charge >= 0.3 is 0 Å². The first-order valence-corrected chi connectivity index (χ1v) is 11.9. The molecule has 1 aromatic carbocycles. The van der Waals surface area contributed by atoms with E-state index in [9.17, 15) is 13.5 Å². The van der Waals surface area contributed by atoms with E-state index < -0.39 is 21.7 Å². The first-order valence-electron chi connectivity index (χ1n) is 9.60. The van der Waals surface area contributed by atoms with Crippen molar-refractivity contribution < 1.29 is 23.0 Å². The van der Waals surface area contributed by atoms with Crippen molar-refractivity contribution in [3.63, 3.8) is 0 Å². The van der Waals surface area contributed by atoms with Crippen molar-refractivity contribution in [1.82, 2.24) is 14.7 Å². The largest absolute Gasteiger partial charge is 0.471 e. The lowest BCUT2D eigenvalue weighted by Crippen LogP contribution is -2.59. The van der Waals surface area contributed by atoms with Crippen LogP contribution >= 0.6 is 15.9 Å². The number of nitrogens with zero attached hydrogens (tertiary/aromatic N) is 2. The monoisotopic (exact) mass is 498 g/mol. The maximum atomic E-state index is 12.5. The number of anilines is 2. The summed E-state index contributed by atoms with van der Waals surface area (Å²) in [4.78, 5) is 8.73. The second-order valence-corrected chi connectivity index (χ2v) is 10.3. The summed E-state index contributed by atoms with van der Waals surface area (Å²) in [5, 5.41) is 13.0. The summed E-state index contributed by atoms with van der Waals surface area (Å²) in [5.74, 6) is 0.645. The Labute approximate surface area is 183 Å². The van der Waals surface area contributed by atoms with Gasteiger partial charge < -0.3 is 19.9 Å². The van der Waals surface area contributed by atoms with Gasteiger partial charge in [-0.2, -0.15) is 4.98 Å². The summed E-state index contributed by atoms with van der Waals surface area (Å²) >= 11 is 3.37. The van der Waals surface area contributed by atoms with Crippen LogP contribution in [0.1, 0.15) is 26.2 Å². The Morgan fingerprint density at radius 1 is 1.27 bits per heavy atom. The van der Waals surface area contributed by atoms with Gasteiger partial charge in [0, 0.05) is 5.69 Å². The van der Waals surface area contributed by atoms with Crippen LogP contribution in [0.5, 0.6) is 5.88 Å². The molecular weight excluding hydrogens is 476 g/mol. The molecule has 0 radical (unpaired) electrons. The molecule has 4 rings (SSSR count). The van der Waals surface area contributed by atoms with Gasteiger partial charge in [0.25, 0.3) is 0 Å². The van der Waals surface area contributed by atoms with Crippen LogP contribution < -0.4 is 14.8 Å². The fraction of sp³-hybridized carbons (Fsp3) is 0.474. The van der Waals surface area contributed by atoms with Crippen molar-refractivity contribution in [3.8, 4) is 5.88 Å². The molecular formula is C19H23BrN4O5S. The summed E-state index contributed by atoms with van der Waals surface area (Å²) in [6.45, 7) is 2.52. The Kier molecular flexibility index (Phi) is 5.99. The highest BCUT2D eigenvalue weighted by atomic mass is 79.9. The summed E-state index contributed by atoms with van der Waals surface area (Å²) in [6.07, 6.45) is 3.18. The van der Waals surface area contributed by atoms with Gasteiger partial charge in [0.1, 0.15) is 6.10 Å². The number of nitrogens with one attached hydrogen (secondary N) is 2. The van der Waals surface area contributed by atoms with Crippen LogP contribution in [-0.2, 0) is 14.8 Å². The first-order chi connectivity index (χ1) is 14.2. The van der Waals surface area contributed by atoms with E-state index in [-0.39, 0.29) is 11.0 Å². The molecule has 162 valence electrons. The number of benzene rings is 1. The van der Waals surface area contributed by atoms with Gasteiger partial charge in [-0.25, -0.2) is 18.1 Å². The lowest BCUT2D eigenvalue weighted by atomic mass is 10.0. The zero-order valence-electron chi connectivity index (χ0n) is 16.3. The second-order valence-electron chi connectivity index (χ2n) is 7.81. The number of aromatic nitrogens is 2. The van der Waals surface area contributed by atoms with E-state index in [1.165, 1.54) is 12.1 Å². The Bertz CT molecular complexity index is 1010. The van der Waals surface area contributed by atoms with Crippen LogP contribution in [0.4, 0.5) is 11.6 Å². The minimum Gasteiger partial charge on any atom is -0.471 e.